The molecule has 0 heterocycles. The van der Waals surface area contributed by atoms with Crippen molar-refractivity contribution in [3.05, 3.63) is 0 Å². The van der Waals surface area contributed by atoms with E-state index in [1.165, 1.54) is 0 Å². The van der Waals surface area contributed by atoms with E-state index in [-0.39, 0.29) is 24.2 Å². The van der Waals surface area contributed by atoms with Crippen LogP contribution in [0.5, 0.6) is 0 Å². The molecule has 6 nitrogen and oxygen atoms in total. The van der Waals surface area contributed by atoms with E-state index < -0.39 is 24.0 Å². The first-order valence-corrected chi connectivity index (χ1v) is 6.67. The van der Waals surface area contributed by atoms with Crippen LogP contribution >= 0.6 is 0 Å². The Morgan fingerprint density at radius 2 is 1.37 bits per heavy atom. The van der Waals surface area contributed by atoms with Crippen molar-refractivity contribution in [1.82, 2.24) is 4.90 Å². The molecule has 2 N–H and O–H groups in total. The van der Waals surface area contributed by atoms with Gasteiger partial charge >= 0.3 is 0 Å². The van der Waals surface area contributed by atoms with Gasteiger partial charge in [-0.2, -0.15) is 0 Å². The van der Waals surface area contributed by atoms with Gasteiger partial charge in [0.2, 0.25) is 6.41 Å². The van der Waals surface area contributed by atoms with E-state index in [1.807, 2.05) is 13.8 Å². The molecule has 6 heteroatoms. The number of aliphatic hydroxyl groups excluding tert-OH is 2. The van der Waals surface area contributed by atoms with Crippen molar-refractivity contribution < 1.29 is 24.6 Å². The number of hydrogen-bond donors (Lipinski definition) is 2. The molecule has 2 atom stereocenters. The molecule has 0 aromatic rings. The maximum Gasteiger partial charge on any atom is 0.264 e. The lowest BCUT2D eigenvalue weighted by molar-refractivity contribution is -0.158. The highest BCUT2D eigenvalue weighted by atomic mass is 16.3. The standard InChI is InChI=1S/C13H23NO5/c1-3-5-7-10(16)12(18)14(9-15)13(19)11(17)8-6-4-2/h9-11,16-17H,3-8H2,1-2H3. The second kappa shape index (κ2) is 9.63. The first-order valence-electron chi connectivity index (χ1n) is 6.67. The van der Waals surface area contributed by atoms with Gasteiger partial charge in [-0.25, -0.2) is 4.90 Å². The average Bonchev–Trinajstić information content (AvgIpc) is 2.42. The lowest BCUT2D eigenvalue weighted by Crippen LogP contribution is -2.46. The molecule has 0 radical (unpaired) electrons. The maximum absolute atomic E-state index is 11.7. The van der Waals surface area contributed by atoms with Crippen LogP contribution in [0.2, 0.25) is 0 Å². The quantitative estimate of drug-likeness (QED) is 0.600. The molecule has 0 bridgehead atoms. The first-order chi connectivity index (χ1) is 8.99. The highest BCUT2D eigenvalue weighted by Gasteiger charge is 2.30. The van der Waals surface area contributed by atoms with Crippen LogP contribution in [-0.2, 0) is 14.4 Å². The monoisotopic (exact) mass is 273 g/mol. The van der Waals surface area contributed by atoms with Crippen molar-refractivity contribution in [2.75, 3.05) is 0 Å². The van der Waals surface area contributed by atoms with Crippen LogP contribution < -0.4 is 0 Å². The Morgan fingerprint density at radius 3 is 1.63 bits per heavy atom. The number of imide groups is 3. The van der Waals surface area contributed by atoms with Gasteiger partial charge in [0.1, 0.15) is 12.2 Å². The SMILES string of the molecule is CCCCC(O)C(=O)N(C=O)C(=O)C(O)CCCC. The summed E-state index contributed by atoms with van der Waals surface area (Å²) in [6, 6.07) is 0. The van der Waals surface area contributed by atoms with Crippen LogP contribution in [0.4, 0.5) is 0 Å². The van der Waals surface area contributed by atoms with Crippen molar-refractivity contribution in [2.45, 2.75) is 64.6 Å². The molecular formula is C13H23NO5. The molecule has 0 rings (SSSR count). The Labute approximate surface area is 113 Å². The molecule has 110 valence electrons. The molecule has 0 saturated heterocycles. The predicted molar refractivity (Wildman–Crippen MR) is 69.0 cm³/mol. The number of aliphatic hydroxyl groups is 2. The largest absolute Gasteiger partial charge is 0.383 e. The molecule has 0 aliphatic rings. The van der Waals surface area contributed by atoms with Gasteiger partial charge < -0.3 is 10.2 Å². The van der Waals surface area contributed by atoms with Crippen LogP contribution in [0.15, 0.2) is 0 Å². The Morgan fingerprint density at radius 1 is 1.00 bits per heavy atom. The van der Waals surface area contributed by atoms with E-state index in [4.69, 9.17) is 0 Å². The van der Waals surface area contributed by atoms with Crippen molar-refractivity contribution in [3.63, 3.8) is 0 Å². The Hall–Kier alpha value is -1.27. The highest BCUT2D eigenvalue weighted by Crippen LogP contribution is 2.08. The topological polar surface area (TPSA) is 94.9 Å². The average molecular weight is 273 g/mol. The van der Waals surface area contributed by atoms with E-state index in [2.05, 4.69) is 0 Å². The number of rotatable bonds is 9. The second-order valence-electron chi connectivity index (χ2n) is 4.47. The molecule has 0 aliphatic carbocycles. The summed E-state index contributed by atoms with van der Waals surface area (Å²) in [6.45, 7) is 3.79. The van der Waals surface area contributed by atoms with Crippen LogP contribution in [-0.4, -0.2) is 45.5 Å². The summed E-state index contributed by atoms with van der Waals surface area (Å²) in [6.07, 6.45) is 0.486. The number of nitrogens with zero attached hydrogens (tertiary/aromatic N) is 1. The summed E-state index contributed by atoms with van der Waals surface area (Å²) < 4.78 is 0. The van der Waals surface area contributed by atoms with Crippen LogP contribution in [0.3, 0.4) is 0 Å². The van der Waals surface area contributed by atoms with Crippen molar-refractivity contribution >= 4 is 18.2 Å². The first kappa shape index (κ1) is 17.7. The van der Waals surface area contributed by atoms with Gasteiger partial charge in [-0.05, 0) is 12.8 Å². The van der Waals surface area contributed by atoms with E-state index in [0.29, 0.717) is 12.8 Å². The second-order valence-corrected chi connectivity index (χ2v) is 4.47. The van der Waals surface area contributed by atoms with E-state index >= 15 is 0 Å². The smallest absolute Gasteiger partial charge is 0.264 e. The zero-order valence-corrected chi connectivity index (χ0v) is 11.5. The summed E-state index contributed by atoms with van der Waals surface area (Å²) in [7, 11) is 0. The number of amides is 3. The molecular weight excluding hydrogens is 250 g/mol. The molecule has 0 aromatic heterocycles. The summed E-state index contributed by atoms with van der Waals surface area (Å²) in [5.41, 5.74) is 0. The third kappa shape index (κ3) is 5.94. The van der Waals surface area contributed by atoms with Crippen molar-refractivity contribution in [1.29, 1.82) is 0 Å². The zero-order chi connectivity index (χ0) is 14.8. The minimum Gasteiger partial charge on any atom is -0.383 e. The third-order valence-corrected chi connectivity index (χ3v) is 2.81. The fourth-order valence-electron chi connectivity index (χ4n) is 1.58. The van der Waals surface area contributed by atoms with Crippen LogP contribution in [0.25, 0.3) is 0 Å². The Kier molecular flexibility index (Phi) is 8.99. The Balaban J connectivity index is 4.57. The lowest BCUT2D eigenvalue weighted by Gasteiger charge is -2.20. The molecule has 2 unspecified atom stereocenters. The number of unbranched alkanes of at least 4 members (excludes halogenated alkanes) is 2. The molecule has 19 heavy (non-hydrogen) atoms. The number of hydrogen-bond acceptors (Lipinski definition) is 5. The molecule has 0 spiro atoms. The van der Waals surface area contributed by atoms with Gasteiger partial charge in [-0.15, -0.1) is 0 Å². The van der Waals surface area contributed by atoms with Crippen LogP contribution in [0.1, 0.15) is 52.4 Å². The predicted octanol–water partition coefficient (Wildman–Crippen LogP) is 0.600. The van der Waals surface area contributed by atoms with Gasteiger partial charge in [0.15, 0.2) is 0 Å². The zero-order valence-electron chi connectivity index (χ0n) is 11.5. The minimum absolute atomic E-state index is 0.0506. The van der Waals surface area contributed by atoms with Gasteiger partial charge in [0.25, 0.3) is 11.8 Å². The van der Waals surface area contributed by atoms with Crippen molar-refractivity contribution in [2.24, 2.45) is 0 Å². The normalized spacial score (nSPS) is 13.7. The van der Waals surface area contributed by atoms with Crippen LogP contribution in [0, 0.1) is 0 Å². The minimum atomic E-state index is -1.38. The molecule has 3 amide bonds. The third-order valence-electron chi connectivity index (χ3n) is 2.81. The van der Waals surface area contributed by atoms with Gasteiger partial charge in [0, 0.05) is 0 Å². The summed E-state index contributed by atoms with van der Waals surface area (Å²) in [5.74, 6) is -1.94. The Bertz CT molecular complexity index is 279. The fourth-order valence-corrected chi connectivity index (χ4v) is 1.58. The van der Waals surface area contributed by atoms with Gasteiger partial charge in [0.05, 0.1) is 0 Å². The summed E-state index contributed by atoms with van der Waals surface area (Å²) in [5, 5.41) is 19.1. The number of carbonyl (C=O) groups is 3. The highest BCUT2D eigenvalue weighted by molar-refractivity contribution is 6.07. The molecule has 0 aromatic carbocycles. The lowest BCUT2D eigenvalue weighted by atomic mass is 10.1. The van der Waals surface area contributed by atoms with E-state index in [0.717, 1.165) is 12.8 Å². The number of carbonyl (C=O) groups excluding carboxylic acids is 3. The van der Waals surface area contributed by atoms with Crippen molar-refractivity contribution in [3.8, 4) is 0 Å². The molecule has 0 aliphatic heterocycles. The van der Waals surface area contributed by atoms with E-state index in [1.54, 1.807) is 0 Å². The molecule has 0 fully saturated rings. The van der Waals surface area contributed by atoms with Gasteiger partial charge in [-0.3, -0.25) is 14.4 Å². The molecule has 0 saturated carbocycles. The van der Waals surface area contributed by atoms with Gasteiger partial charge in [-0.1, -0.05) is 39.5 Å². The van der Waals surface area contributed by atoms with E-state index in [9.17, 15) is 24.6 Å². The maximum atomic E-state index is 11.7. The summed E-state index contributed by atoms with van der Waals surface area (Å²) >= 11 is 0. The summed E-state index contributed by atoms with van der Waals surface area (Å²) in [4.78, 5) is 34.5. The fraction of sp³-hybridized carbons (Fsp3) is 0.769.